The molecule has 2 aromatic rings. The molecule has 1 saturated heterocycles. The second-order valence-electron chi connectivity index (χ2n) is 5.56. The fourth-order valence-corrected chi connectivity index (χ4v) is 3.23. The number of fused-ring (bicyclic) bond motifs is 1. The Morgan fingerprint density at radius 2 is 1.87 bits per heavy atom. The average molecular weight is 331 g/mol. The minimum Gasteiger partial charge on any atom is -0.486 e. The van der Waals surface area contributed by atoms with Crippen LogP contribution in [0.4, 0.5) is 5.69 Å². The molecule has 0 spiro atoms. The lowest BCUT2D eigenvalue weighted by atomic mass is 9.88. The first kappa shape index (κ1) is 14.4. The normalized spacial score (nSPS) is 22.7. The number of nitrogens with zero attached hydrogens (tertiary/aromatic N) is 1. The predicted molar refractivity (Wildman–Crippen MR) is 87.1 cm³/mol. The molecule has 2 atom stereocenters. The molecule has 118 valence electrons. The summed E-state index contributed by atoms with van der Waals surface area (Å²) in [7, 11) is 0. The molecule has 2 aromatic carbocycles. The molecule has 2 N–H and O–H groups in total. The summed E-state index contributed by atoms with van der Waals surface area (Å²) in [4.78, 5) is 14.0. The van der Waals surface area contributed by atoms with Gasteiger partial charge in [-0.3, -0.25) is 4.79 Å². The number of nitrogens with two attached hydrogens (primary N) is 1. The molecule has 0 bridgehead atoms. The molecule has 4 rings (SSSR count). The quantitative estimate of drug-likeness (QED) is 0.859. The standard InChI is InChI=1S/C17H15ClN2O3/c18-11-3-1-2-10(8-11)16-15(19)17(21)20(16)12-4-5-13-14(9-12)23-7-6-22-13/h1-5,8-9,15-16H,6-7,19H2/t15-,16-/m1/s1. The van der Waals surface area contributed by atoms with Gasteiger partial charge >= 0.3 is 0 Å². The number of carbonyl (C=O) groups excluding carboxylic acids is 1. The second-order valence-corrected chi connectivity index (χ2v) is 6.00. The Morgan fingerprint density at radius 3 is 2.65 bits per heavy atom. The zero-order valence-electron chi connectivity index (χ0n) is 12.2. The molecule has 2 aliphatic heterocycles. The summed E-state index contributed by atoms with van der Waals surface area (Å²) >= 11 is 6.06. The Kier molecular flexibility index (Phi) is 3.39. The fourth-order valence-electron chi connectivity index (χ4n) is 3.03. The van der Waals surface area contributed by atoms with Crippen LogP contribution in [0.15, 0.2) is 42.5 Å². The molecule has 1 amide bonds. The van der Waals surface area contributed by atoms with Gasteiger partial charge in [0.05, 0.1) is 6.04 Å². The number of ether oxygens (including phenoxy) is 2. The summed E-state index contributed by atoms with van der Waals surface area (Å²) in [6.07, 6.45) is 0. The van der Waals surface area contributed by atoms with Crippen LogP contribution >= 0.6 is 11.6 Å². The van der Waals surface area contributed by atoms with Crippen LogP contribution in [-0.4, -0.2) is 25.2 Å². The number of β-lactam (4-membered cyclic amide) rings is 1. The maximum absolute atomic E-state index is 12.3. The van der Waals surface area contributed by atoms with Gasteiger partial charge in [0.25, 0.3) is 0 Å². The van der Waals surface area contributed by atoms with E-state index >= 15 is 0 Å². The number of amides is 1. The van der Waals surface area contributed by atoms with Crippen molar-refractivity contribution in [3.05, 3.63) is 53.1 Å². The van der Waals surface area contributed by atoms with Crippen LogP contribution in [-0.2, 0) is 4.79 Å². The van der Waals surface area contributed by atoms with Crippen LogP contribution in [0.5, 0.6) is 11.5 Å². The summed E-state index contributed by atoms with van der Waals surface area (Å²) in [6.45, 7) is 1.03. The monoisotopic (exact) mass is 330 g/mol. The molecule has 2 heterocycles. The van der Waals surface area contributed by atoms with Gasteiger partial charge in [0.1, 0.15) is 19.3 Å². The van der Waals surface area contributed by atoms with Gasteiger partial charge in [-0.2, -0.15) is 0 Å². The zero-order valence-corrected chi connectivity index (χ0v) is 13.0. The smallest absolute Gasteiger partial charge is 0.247 e. The van der Waals surface area contributed by atoms with Crippen molar-refractivity contribution in [3.63, 3.8) is 0 Å². The molecule has 2 aliphatic rings. The highest BCUT2D eigenvalue weighted by molar-refractivity contribution is 6.30. The number of rotatable bonds is 2. The molecule has 6 heteroatoms. The number of benzene rings is 2. The van der Waals surface area contributed by atoms with Crippen LogP contribution in [0.2, 0.25) is 5.02 Å². The Bertz CT molecular complexity index is 780. The minimum atomic E-state index is -0.568. The van der Waals surface area contributed by atoms with Crippen LogP contribution in [0, 0.1) is 0 Å². The molecule has 1 fully saturated rings. The molecule has 5 nitrogen and oxygen atoms in total. The van der Waals surface area contributed by atoms with Gasteiger partial charge in [0, 0.05) is 16.8 Å². The number of anilines is 1. The van der Waals surface area contributed by atoms with Crippen LogP contribution in [0.3, 0.4) is 0 Å². The van der Waals surface area contributed by atoms with E-state index in [1.165, 1.54) is 0 Å². The first-order chi connectivity index (χ1) is 11.1. The van der Waals surface area contributed by atoms with E-state index < -0.39 is 6.04 Å². The van der Waals surface area contributed by atoms with Crippen molar-refractivity contribution in [3.8, 4) is 11.5 Å². The maximum atomic E-state index is 12.3. The van der Waals surface area contributed by atoms with E-state index in [1.54, 1.807) is 11.0 Å². The Morgan fingerprint density at radius 1 is 1.09 bits per heavy atom. The van der Waals surface area contributed by atoms with E-state index in [9.17, 15) is 4.79 Å². The molecule has 0 unspecified atom stereocenters. The number of hydrogen-bond donors (Lipinski definition) is 1. The zero-order chi connectivity index (χ0) is 16.0. The number of carbonyl (C=O) groups is 1. The molecule has 23 heavy (non-hydrogen) atoms. The van der Waals surface area contributed by atoms with Crippen LogP contribution < -0.4 is 20.1 Å². The largest absolute Gasteiger partial charge is 0.486 e. The third-order valence-electron chi connectivity index (χ3n) is 4.14. The first-order valence-corrected chi connectivity index (χ1v) is 7.77. The lowest BCUT2D eigenvalue weighted by Crippen LogP contribution is -2.63. The third-order valence-corrected chi connectivity index (χ3v) is 4.37. The van der Waals surface area contributed by atoms with Gasteiger partial charge in [0.2, 0.25) is 5.91 Å². The van der Waals surface area contributed by atoms with E-state index in [2.05, 4.69) is 0 Å². The third kappa shape index (κ3) is 2.33. The molecule has 0 aliphatic carbocycles. The average Bonchev–Trinajstić information content (AvgIpc) is 2.58. The van der Waals surface area contributed by atoms with E-state index in [-0.39, 0.29) is 11.9 Å². The van der Waals surface area contributed by atoms with Gasteiger partial charge in [-0.15, -0.1) is 0 Å². The van der Waals surface area contributed by atoms with Crippen molar-refractivity contribution in [2.24, 2.45) is 5.73 Å². The van der Waals surface area contributed by atoms with Crippen molar-refractivity contribution in [2.45, 2.75) is 12.1 Å². The van der Waals surface area contributed by atoms with Crippen LogP contribution in [0.25, 0.3) is 0 Å². The van der Waals surface area contributed by atoms with Gasteiger partial charge in [-0.1, -0.05) is 23.7 Å². The Labute approximate surface area is 138 Å². The summed E-state index contributed by atoms with van der Waals surface area (Å²) in [6, 6.07) is 12.1. The van der Waals surface area contributed by atoms with Crippen molar-refractivity contribution < 1.29 is 14.3 Å². The second kappa shape index (κ2) is 5.44. The molecule has 0 aromatic heterocycles. The van der Waals surface area contributed by atoms with E-state index in [0.717, 1.165) is 11.3 Å². The predicted octanol–water partition coefficient (Wildman–Crippen LogP) is 2.53. The van der Waals surface area contributed by atoms with Crippen LogP contribution in [0.1, 0.15) is 11.6 Å². The van der Waals surface area contributed by atoms with Gasteiger partial charge in [-0.25, -0.2) is 0 Å². The lowest BCUT2D eigenvalue weighted by Gasteiger charge is -2.45. The molecular weight excluding hydrogens is 316 g/mol. The topological polar surface area (TPSA) is 64.8 Å². The Hall–Kier alpha value is -2.24. The molecule has 0 radical (unpaired) electrons. The Balaban J connectivity index is 1.70. The van der Waals surface area contributed by atoms with E-state index in [4.69, 9.17) is 26.8 Å². The SMILES string of the molecule is N[C@H]1C(=O)N(c2ccc3c(c2)OCCO3)[C@@H]1c1cccc(Cl)c1. The highest BCUT2D eigenvalue weighted by Gasteiger charge is 2.46. The molecular formula is C17H15ClN2O3. The van der Waals surface area contributed by atoms with Crippen molar-refractivity contribution >= 4 is 23.2 Å². The van der Waals surface area contributed by atoms with Gasteiger partial charge in [-0.05, 0) is 29.8 Å². The van der Waals surface area contributed by atoms with Gasteiger partial charge in [0.15, 0.2) is 11.5 Å². The summed E-state index contributed by atoms with van der Waals surface area (Å²) < 4.78 is 11.1. The highest BCUT2D eigenvalue weighted by Crippen LogP contribution is 2.42. The highest BCUT2D eigenvalue weighted by atomic mass is 35.5. The van der Waals surface area contributed by atoms with Gasteiger partial charge < -0.3 is 20.1 Å². The van der Waals surface area contributed by atoms with Crippen molar-refractivity contribution in [1.82, 2.24) is 0 Å². The maximum Gasteiger partial charge on any atom is 0.247 e. The first-order valence-electron chi connectivity index (χ1n) is 7.39. The number of hydrogen-bond acceptors (Lipinski definition) is 4. The number of halogens is 1. The fraction of sp³-hybridized carbons (Fsp3) is 0.235. The van der Waals surface area contributed by atoms with E-state index in [0.29, 0.717) is 29.7 Å². The molecule has 0 saturated carbocycles. The summed E-state index contributed by atoms with van der Waals surface area (Å²) in [5, 5.41) is 0.621. The lowest BCUT2D eigenvalue weighted by molar-refractivity contribution is -0.126. The van der Waals surface area contributed by atoms with Crippen molar-refractivity contribution in [1.29, 1.82) is 0 Å². The minimum absolute atomic E-state index is 0.119. The van der Waals surface area contributed by atoms with Crippen molar-refractivity contribution in [2.75, 3.05) is 18.1 Å². The summed E-state index contributed by atoms with van der Waals surface area (Å²) in [5.41, 5.74) is 7.68. The summed E-state index contributed by atoms with van der Waals surface area (Å²) in [5.74, 6) is 1.22. The van der Waals surface area contributed by atoms with E-state index in [1.807, 2.05) is 36.4 Å².